The van der Waals surface area contributed by atoms with Crippen LogP contribution in [0.25, 0.3) is 21.3 Å². The van der Waals surface area contributed by atoms with Crippen molar-refractivity contribution in [2.45, 2.75) is 5.03 Å². The van der Waals surface area contributed by atoms with Crippen molar-refractivity contribution in [1.82, 2.24) is 20.8 Å². The average molecular weight is 484 g/mol. The summed E-state index contributed by atoms with van der Waals surface area (Å²) in [7, 11) is 0. The molecule has 0 radical (unpaired) electrons. The summed E-state index contributed by atoms with van der Waals surface area (Å²) in [4.78, 5) is 43.9. The number of rotatable bonds is 6. The average Bonchev–Trinajstić information content (AvgIpc) is 3.26. The lowest BCUT2D eigenvalue weighted by atomic mass is 10.1. The van der Waals surface area contributed by atoms with Gasteiger partial charge >= 0.3 is 0 Å². The molecular weight excluding hydrogens is 469 g/mol. The van der Waals surface area contributed by atoms with E-state index in [0.717, 1.165) is 39.2 Å². The quantitative estimate of drug-likeness (QED) is 0.184. The number of amides is 2. The van der Waals surface area contributed by atoms with Gasteiger partial charge in [-0.25, -0.2) is 14.4 Å². The normalized spacial score (nSPS) is 10.7. The first-order valence-electron chi connectivity index (χ1n) is 9.37. The molecule has 2 amide bonds. The molecule has 2 N–H and O–H groups in total. The molecule has 9 nitrogen and oxygen atoms in total. The predicted molar refractivity (Wildman–Crippen MR) is 122 cm³/mol. The summed E-state index contributed by atoms with van der Waals surface area (Å²) in [5, 5.41) is 14.1. The zero-order valence-electron chi connectivity index (χ0n) is 16.6. The van der Waals surface area contributed by atoms with Gasteiger partial charge in [-0.3, -0.25) is 30.6 Å². The molecule has 0 saturated carbocycles. The van der Waals surface area contributed by atoms with Crippen molar-refractivity contribution in [3.8, 4) is 11.1 Å². The van der Waals surface area contributed by atoms with Crippen molar-refractivity contribution in [1.29, 1.82) is 0 Å². The Morgan fingerprint density at radius 1 is 1.12 bits per heavy atom. The molecule has 12 heteroatoms. The fourth-order valence-corrected chi connectivity index (χ4v) is 4.72. The molecule has 2 aromatic heterocycles. The molecule has 4 aromatic rings. The summed E-state index contributed by atoms with van der Waals surface area (Å²) in [5.74, 6) is -1.57. The van der Waals surface area contributed by atoms with Crippen LogP contribution in [0.4, 0.5) is 10.1 Å². The number of aromatic nitrogens is 2. The number of halogens is 1. The highest BCUT2D eigenvalue weighted by Crippen LogP contribution is 2.37. The van der Waals surface area contributed by atoms with E-state index in [-0.39, 0.29) is 22.8 Å². The minimum absolute atomic E-state index is 0.0388. The number of carbonyl (C=O) groups excluding carboxylic acids is 2. The first kappa shape index (κ1) is 22.3. The molecule has 0 unspecified atom stereocenters. The molecule has 0 aliphatic rings. The molecule has 0 aliphatic carbocycles. The van der Waals surface area contributed by atoms with Gasteiger partial charge in [0.2, 0.25) is 5.91 Å². The fourth-order valence-electron chi connectivity index (χ4n) is 2.93. The number of non-ortho nitro benzene ring substituents is 1. The summed E-state index contributed by atoms with van der Waals surface area (Å²) in [6.07, 6.45) is 1.40. The van der Waals surface area contributed by atoms with Gasteiger partial charge < -0.3 is 0 Å². The number of fused-ring (bicyclic) bond motifs is 1. The zero-order valence-corrected chi connectivity index (χ0v) is 18.3. The number of hydrogen-bond donors (Lipinski definition) is 2. The number of hydrazine groups is 1. The molecule has 0 aliphatic heterocycles. The smallest absolute Gasteiger partial charge is 0.270 e. The Bertz CT molecular complexity index is 1360. The molecule has 166 valence electrons. The van der Waals surface area contributed by atoms with Crippen molar-refractivity contribution in [3.63, 3.8) is 0 Å². The number of hydrogen-bond acceptors (Lipinski definition) is 8. The molecular formula is C21H14FN5O4S2. The molecule has 2 aromatic carbocycles. The lowest BCUT2D eigenvalue weighted by Crippen LogP contribution is -2.42. The molecule has 4 rings (SSSR count). The minimum atomic E-state index is -0.682. The van der Waals surface area contributed by atoms with E-state index in [2.05, 4.69) is 20.8 Å². The van der Waals surface area contributed by atoms with Gasteiger partial charge in [-0.2, -0.15) is 0 Å². The molecule has 0 atom stereocenters. The number of nitro groups is 1. The van der Waals surface area contributed by atoms with Gasteiger partial charge in [-0.15, -0.1) is 11.3 Å². The highest BCUT2D eigenvalue weighted by molar-refractivity contribution is 8.00. The van der Waals surface area contributed by atoms with Crippen LogP contribution in [0.5, 0.6) is 0 Å². The van der Waals surface area contributed by atoms with Crippen LogP contribution in [-0.4, -0.2) is 32.5 Å². The first-order chi connectivity index (χ1) is 15.9. The van der Waals surface area contributed by atoms with Crippen LogP contribution in [0.2, 0.25) is 0 Å². The van der Waals surface area contributed by atoms with Gasteiger partial charge in [0.1, 0.15) is 22.0 Å². The molecule has 2 heterocycles. The van der Waals surface area contributed by atoms with Crippen molar-refractivity contribution in [2.75, 3.05) is 5.75 Å². The van der Waals surface area contributed by atoms with Crippen molar-refractivity contribution in [2.24, 2.45) is 0 Å². The third-order valence-corrected chi connectivity index (χ3v) is 6.34. The number of carbonyl (C=O) groups is 2. The Kier molecular flexibility index (Phi) is 6.56. The maximum absolute atomic E-state index is 13.3. The lowest BCUT2D eigenvalue weighted by molar-refractivity contribution is -0.384. The second-order valence-electron chi connectivity index (χ2n) is 6.61. The Morgan fingerprint density at radius 2 is 1.91 bits per heavy atom. The van der Waals surface area contributed by atoms with Crippen LogP contribution >= 0.6 is 23.1 Å². The lowest BCUT2D eigenvalue weighted by Gasteiger charge is -2.08. The fraction of sp³-hybridized carbons (Fsp3) is 0.0476. The first-order valence-corrected chi connectivity index (χ1v) is 11.2. The second-order valence-corrected chi connectivity index (χ2v) is 8.44. The maximum Gasteiger partial charge on any atom is 0.270 e. The minimum Gasteiger partial charge on any atom is -0.272 e. The monoisotopic (exact) mass is 483 g/mol. The van der Waals surface area contributed by atoms with Gasteiger partial charge in [-0.05, 0) is 23.8 Å². The molecule has 0 bridgehead atoms. The predicted octanol–water partition coefficient (Wildman–Crippen LogP) is 3.96. The molecule has 0 spiro atoms. The van der Waals surface area contributed by atoms with Gasteiger partial charge in [0, 0.05) is 28.6 Å². The van der Waals surface area contributed by atoms with E-state index in [1.807, 2.05) is 5.38 Å². The van der Waals surface area contributed by atoms with Crippen LogP contribution in [0.15, 0.2) is 65.3 Å². The van der Waals surface area contributed by atoms with E-state index in [1.54, 1.807) is 12.1 Å². The Balaban J connectivity index is 1.42. The van der Waals surface area contributed by atoms with Crippen LogP contribution < -0.4 is 10.9 Å². The Morgan fingerprint density at radius 3 is 2.67 bits per heavy atom. The maximum atomic E-state index is 13.3. The number of benzene rings is 2. The van der Waals surface area contributed by atoms with Gasteiger partial charge in [0.15, 0.2) is 0 Å². The van der Waals surface area contributed by atoms with Gasteiger partial charge in [0.25, 0.3) is 11.6 Å². The summed E-state index contributed by atoms with van der Waals surface area (Å²) in [6, 6.07) is 11.2. The van der Waals surface area contributed by atoms with E-state index >= 15 is 0 Å². The SMILES string of the molecule is O=C(CSc1ncnc2scc(-c3ccc(F)cc3)c12)NNC(=O)c1cccc([N+](=O)[O-])c1. The molecule has 0 fully saturated rings. The molecule has 0 saturated heterocycles. The van der Waals surface area contributed by atoms with Crippen LogP contribution in [-0.2, 0) is 4.79 Å². The second kappa shape index (κ2) is 9.71. The standard InChI is InChI=1S/C21H14FN5O4S2/c22-14-6-4-12(5-7-14)16-9-32-20-18(16)21(24-11-23-20)33-10-17(28)25-26-19(29)13-2-1-3-15(8-13)27(30)31/h1-9,11H,10H2,(H,25,28)(H,26,29). The zero-order chi connectivity index (χ0) is 23.4. The van der Waals surface area contributed by atoms with E-state index < -0.39 is 16.7 Å². The van der Waals surface area contributed by atoms with E-state index in [4.69, 9.17) is 0 Å². The van der Waals surface area contributed by atoms with Crippen LogP contribution in [0.1, 0.15) is 10.4 Å². The summed E-state index contributed by atoms with van der Waals surface area (Å²) < 4.78 is 13.3. The number of nitrogens with zero attached hydrogens (tertiary/aromatic N) is 3. The number of nitro benzene ring substituents is 1. The van der Waals surface area contributed by atoms with Crippen LogP contribution in [0, 0.1) is 15.9 Å². The Hall–Kier alpha value is -3.90. The van der Waals surface area contributed by atoms with Crippen LogP contribution in [0.3, 0.4) is 0 Å². The van der Waals surface area contributed by atoms with E-state index in [1.165, 1.54) is 48.0 Å². The van der Waals surface area contributed by atoms with Crippen molar-refractivity contribution < 1.29 is 18.9 Å². The third-order valence-electron chi connectivity index (χ3n) is 4.47. The highest BCUT2D eigenvalue weighted by Gasteiger charge is 2.16. The number of thiophene rings is 1. The van der Waals surface area contributed by atoms with Crippen molar-refractivity contribution >= 4 is 50.8 Å². The molecule has 33 heavy (non-hydrogen) atoms. The number of nitrogens with one attached hydrogen (secondary N) is 2. The third kappa shape index (κ3) is 5.13. The highest BCUT2D eigenvalue weighted by atomic mass is 32.2. The van der Waals surface area contributed by atoms with Gasteiger partial charge in [-0.1, -0.05) is 30.0 Å². The van der Waals surface area contributed by atoms with Crippen molar-refractivity contribution in [3.05, 3.63) is 81.7 Å². The summed E-state index contributed by atoms with van der Waals surface area (Å²) >= 11 is 2.57. The summed E-state index contributed by atoms with van der Waals surface area (Å²) in [5.41, 5.74) is 5.96. The Labute approximate surface area is 194 Å². The summed E-state index contributed by atoms with van der Waals surface area (Å²) in [6.45, 7) is 0. The number of thioether (sulfide) groups is 1. The largest absolute Gasteiger partial charge is 0.272 e. The topological polar surface area (TPSA) is 127 Å². The van der Waals surface area contributed by atoms with Gasteiger partial charge in [0.05, 0.1) is 16.1 Å². The van der Waals surface area contributed by atoms with E-state index in [9.17, 15) is 24.1 Å². The van der Waals surface area contributed by atoms with E-state index in [0.29, 0.717) is 5.03 Å².